The van der Waals surface area contributed by atoms with Crippen LogP contribution in [0.5, 0.6) is 0 Å². The van der Waals surface area contributed by atoms with Gasteiger partial charge in [-0.1, -0.05) is 66.2 Å². The molecule has 0 N–H and O–H groups in total. The molecule has 5 aliphatic rings. The summed E-state index contributed by atoms with van der Waals surface area (Å²) in [7, 11) is 0. The quantitative estimate of drug-likeness (QED) is 0.262. The highest BCUT2D eigenvalue weighted by Gasteiger charge is 2.46. The van der Waals surface area contributed by atoms with Gasteiger partial charge in [0.15, 0.2) is 0 Å². The number of aliphatic imine (C=N–C) groups is 1. The predicted octanol–water partition coefficient (Wildman–Crippen LogP) is 6.45. The molecule has 0 radical (unpaired) electrons. The third-order valence-electron chi connectivity index (χ3n) is 10.5. The average molecular weight is 668 g/mol. The number of rotatable bonds is 6. The van der Waals surface area contributed by atoms with E-state index in [0.717, 1.165) is 66.4 Å². The van der Waals surface area contributed by atoms with E-state index in [1.165, 1.54) is 6.08 Å². The van der Waals surface area contributed by atoms with Gasteiger partial charge < -0.3 is 19.4 Å². The van der Waals surface area contributed by atoms with E-state index in [0.29, 0.717) is 47.8 Å². The molecule has 4 heterocycles. The second kappa shape index (κ2) is 12.8. The fraction of sp³-hybridized carbons (Fsp3) is 0.405. The van der Waals surface area contributed by atoms with Gasteiger partial charge in [-0.15, -0.1) is 0 Å². The summed E-state index contributed by atoms with van der Waals surface area (Å²) in [6.07, 6.45) is 9.80. The van der Waals surface area contributed by atoms with Gasteiger partial charge >= 0.3 is 0 Å². The summed E-state index contributed by atoms with van der Waals surface area (Å²) in [6.45, 7) is 15.3. The Morgan fingerprint density at radius 1 is 1.15 bits per heavy atom. The lowest BCUT2D eigenvalue weighted by Gasteiger charge is -2.45. The number of halogens is 2. The van der Waals surface area contributed by atoms with Crippen molar-refractivity contribution in [2.45, 2.75) is 43.3 Å². The molecular formula is C37H36Cl2N6O2. The molecule has 0 saturated carbocycles. The highest BCUT2D eigenvalue weighted by atomic mass is 35.5. The van der Waals surface area contributed by atoms with E-state index < -0.39 is 0 Å². The van der Waals surface area contributed by atoms with Gasteiger partial charge in [0.25, 0.3) is 0 Å². The second-order valence-corrected chi connectivity index (χ2v) is 13.8. The van der Waals surface area contributed by atoms with Crippen molar-refractivity contribution < 1.29 is 9.53 Å². The van der Waals surface area contributed by atoms with E-state index in [-0.39, 0.29) is 36.0 Å². The van der Waals surface area contributed by atoms with Crippen LogP contribution in [0.2, 0.25) is 5.02 Å². The Labute approximate surface area is 285 Å². The van der Waals surface area contributed by atoms with E-state index in [4.69, 9.17) is 39.5 Å². The van der Waals surface area contributed by atoms with Gasteiger partial charge in [0, 0.05) is 46.7 Å². The number of piperazine rings is 1. The maximum absolute atomic E-state index is 12.7. The van der Waals surface area contributed by atoms with Crippen LogP contribution in [0.25, 0.3) is 21.2 Å². The van der Waals surface area contributed by atoms with Gasteiger partial charge in [-0.3, -0.25) is 9.69 Å². The SMILES string of the molecule is [C-]#[N+]C[C@H]1CN(C2=C(C#N)C(OCC34CCCN3CCC4)=NC3C=C(c4cccc5cccc(Cl)c45)C(Cl)=CC23)CCN1C(=O)C=C. The van der Waals surface area contributed by atoms with Gasteiger partial charge in [0.2, 0.25) is 18.3 Å². The molecule has 10 heteroatoms. The van der Waals surface area contributed by atoms with Crippen LogP contribution in [0.3, 0.4) is 0 Å². The van der Waals surface area contributed by atoms with E-state index in [1.54, 1.807) is 4.90 Å². The second-order valence-electron chi connectivity index (χ2n) is 12.9. The standard InChI is InChI=1S/C37H36Cl2N6O2/c1-3-33(46)45-17-16-43(22-25(45)21-41-2)35-28-18-31(39)27(26-10-4-8-24-9-5-11-30(38)34(24)26)19-32(28)42-36(29(35)20-40)47-23-37-12-6-14-44(37)15-7-13-37/h3-5,8-11,18-19,25,28,32H,1,6-7,12-17,21-23H2/t25-,28?,32?/m0/s1. The molecule has 47 heavy (non-hydrogen) atoms. The zero-order valence-corrected chi connectivity index (χ0v) is 27.7. The number of allylic oxidation sites excluding steroid dienone is 2. The topological polar surface area (TPSA) is 76.5 Å². The molecule has 2 aromatic carbocycles. The number of hydrogen-bond donors (Lipinski definition) is 0. The number of amides is 1. The lowest BCUT2D eigenvalue weighted by Crippen LogP contribution is -2.57. The minimum absolute atomic E-state index is 0.0199. The third kappa shape index (κ3) is 5.53. The van der Waals surface area contributed by atoms with Crippen molar-refractivity contribution in [1.29, 1.82) is 5.26 Å². The molecule has 7 rings (SSSR count). The van der Waals surface area contributed by atoms with Crippen molar-refractivity contribution in [2.24, 2.45) is 10.9 Å². The van der Waals surface area contributed by atoms with E-state index in [2.05, 4.69) is 33.4 Å². The van der Waals surface area contributed by atoms with E-state index >= 15 is 0 Å². The Morgan fingerprint density at radius 3 is 2.64 bits per heavy atom. The predicted molar refractivity (Wildman–Crippen MR) is 186 cm³/mol. The molecule has 2 aromatic rings. The Balaban J connectivity index is 1.30. The van der Waals surface area contributed by atoms with Crippen molar-refractivity contribution in [1.82, 2.24) is 14.7 Å². The highest BCUT2D eigenvalue weighted by molar-refractivity contribution is 6.39. The minimum Gasteiger partial charge on any atom is -0.475 e. The summed E-state index contributed by atoms with van der Waals surface area (Å²) in [6, 6.07) is 13.6. The number of ether oxygens (including phenoxy) is 1. The van der Waals surface area contributed by atoms with E-state index in [1.807, 2.05) is 42.5 Å². The summed E-state index contributed by atoms with van der Waals surface area (Å²) in [5, 5.41) is 13.8. The molecule has 240 valence electrons. The number of benzene rings is 2. The number of nitriles is 1. The molecule has 1 aliphatic carbocycles. The van der Waals surface area contributed by atoms with Crippen LogP contribution in [-0.2, 0) is 9.53 Å². The zero-order valence-electron chi connectivity index (χ0n) is 26.2. The molecule has 1 amide bonds. The molecule has 0 aromatic heterocycles. The Kier molecular flexibility index (Phi) is 8.61. The van der Waals surface area contributed by atoms with Crippen molar-refractivity contribution in [3.63, 3.8) is 0 Å². The van der Waals surface area contributed by atoms with Gasteiger partial charge in [0.1, 0.15) is 24.3 Å². The monoisotopic (exact) mass is 666 g/mol. The number of nitrogens with zero attached hydrogens (tertiary/aromatic N) is 6. The van der Waals surface area contributed by atoms with Crippen molar-refractivity contribution in [2.75, 3.05) is 45.9 Å². The smallest absolute Gasteiger partial charge is 0.246 e. The van der Waals surface area contributed by atoms with Gasteiger partial charge in [-0.05, 0) is 73.5 Å². The molecule has 3 fully saturated rings. The molecule has 8 nitrogen and oxygen atoms in total. The first-order valence-corrected chi connectivity index (χ1v) is 17.0. The number of hydrogen-bond acceptors (Lipinski definition) is 6. The summed E-state index contributed by atoms with van der Waals surface area (Å²) in [5.74, 6) is -0.179. The number of fused-ring (bicyclic) bond motifs is 3. The molecule has 3 saturated heterocycles. The van der Waals surface area contributed by atoms with Crippen LogP contribution in [0, 0.1) is 23.8 Å². The van der Waals surface area contributed by atoms with Crippen molar-refractivity contribution in [3.05, 3.63) is 99.5 Å². The first kappa shape index (κ1) is 31.5. The normalized spacial score (nSPS) is 25.3. The molecule has 4 aliphatic heterocycles. The number of dihydropyridines is 1. The highest BCUT2D eigenvalue weighted by Crippen LogP contribution is 2.45. The van der Waals surface area contributed by atoms with Crippen molar-refractivity contribution >= 4 is 51.4 Å². The van der Waals surface area contributed by atoms with Crippen LogP contribution in [0.1, 0.15) is 31.2 Å². The minimum atomic E-state index is -0.389. The third-order valence-corrected chi connectivity index (χ3v) is 11.1. The first-order chi connectivity index (χ1) is 22.9. The Bertz CT molecular complexity index is 1830. The van der Waals surface area contributed by atoms with Crippen LogP contribution >= 0.6 is 23.2 Å². The summed E-state index contributed by atoms with van der Waals surface area (Å²) >= 11 is 13.9. The largest absolute Gasteiger partial charge is 0.475 e. The van der Waals surface area contributed by atoms with E-state index in [9.17, 15) is 10.1 Å². The Hall–Kier alpha value is -4.08. The maximum Gasteiger partial charge on any atom is 0.246 e. The van der Waals surface area contributed by atoms with Crippen LogP contribution in [0.4, 0.5) is 0 Å². The fourth-order valence-electron chi connectivity index (χ4n) is 8.26. The average Bonchev–Trinajstić information content (AvgIpc) is 3.67. The number of carbonyl (C=O) groups excluding carboxylic acids is 1. The van der Waals surface area contributed by atoms with Crippen molar-refractivity contribution in [3.8, 4) is 6.07 Å². The fourth-order valence-corrected chi connectivity index (χ4v) is 8.85. The lowest BCUT2D eigenvalue weighted by atomic mass is 9.82. The van der Waals surface area contributed by atoms with Gasteiger partial charge in [0.05, 0.1) is 11.6 Å². The van der Waals surface area contributed by atoms with Crippen LogP contribution in [0.15, 0.2) is 82.5 Å². The lowest BCUT2D eigenvalue weighted by molar-refractivity contribution is -0.130. The van der Waals surface area contributed by atoms with Gasteiger partial charge in [-0.25, -0.2) is 11.6 Å². The van der Waals surface area contributed by atoms with Crippen LogP contribution in [-0.4, -0.2) is 90.0 Å². The zero-order chi connectivity index (χ0) is 32.7. The molecule has 0 spiro atoms. The molecule has 0 bridgehead atoms. The summed E-state index contributed by atoms with van der Waals surface area (Å²) in [4.78, 5) is 27.9. The van der Waals surface area contributed by atoms with Crippen LogP contribution < -0.4 is 0 Å². The maximum atomic E-state index is 12.7. The summed E-state index contributed by atoms with van der Waals surface area (Å²) in [5.41, 5.74) is 2.90. The first-order valence-electron chi connectivity index (χ1n) is 16.3. The van der Waals surface area contributed by atoms with Gasteiger partial charge in [-0.2, -0.15) is 5.26 Å². The molecule has 3 atom stereocenters. The number of carbonyl (C=O) groups is 1. The molecule has 2 unspecified atom stereocenters. The summed E-state index contributed by atoms with van der Waals surface area (Å²) < 4.78 is 6.62. The molecular weight excluding hydrogens is 631 g/mol. The Morgan fingerprint density at radius 2 is 1.91 bits per heavy atom.